The van der Waals surface area contributed by atoms with E-state index in [2.05, 4.69) is 0 Å². The third kappa shape index (κ3) is 4.05. The van der Waals surface area contributed by atoms with Crippen LogP contribution in [-0.2, 0) is 9.59 Å². The molecule has 1 aliphatic heterocycles. The van der Waals surface area contributed by atoms with Gasteiger partial charge in [-0.05, 0) is 54.1 Å². The lowest BCUT2D eigenvalue weighted by atomic mass is 9.95. The van der Waals surface area contributed by atoms with Crippen molar-refractivity contribution in [3.8, 4) is 5.75 Å². The van der Waals surface area contributed by atoms with Crippen molar-refractivity contribution in [1.82, 2.24) is 0 Å². The molecule has 3 aromatic rings. The molecule has 32 heavy (non-hydrogen) atoms. The van der Waals surface area contributed by atoms with E-state index in [4.69, 9.17) is 46.4 Å². The Bertz CT molecular complexity index is 1270. The van der Waals surface area contributed by atoms with Crippen LogP contribution in [0.3, 0.4) is 0 Å². The molecule has 5 nitrogen and oxygen atoms in total. The highest BCUT2D eigenvalue weighted by Gasteiger charge is 2.47. The molecule has 2 N–H and O–H groups in total. The Morgan fingerprint density at radius 2 is 1.44 bits per heavy atom. The lowest BCUT2D eigenvalue weighted by Crippen LogP contribution is -2.29. The number of carbonyl (C=O) groups is 2. The topological polar surface area (TPSA) is 77.8 Å². The number of carbonyl (C=O) groups excluding carboxylic acids is 2. The van der Waals surface area contributed by atoms with Gasteiger partial charge in [-0.3, -0.25) is 14.5 Å². The first kappa shape index (κ1) is 22.5. The van der Waals surface area contributed by atoms with Crippen LogP contribution in [-0.4, -0.2) is 21.9 Å². The number of benzene rings is 3. The van der Waals surface area contributed by atoms with Crippen molar-refractivity contribution in [2.75, 3.05) is 4.90 Å². The molecule has 1 fully saturated rings. The number of halogens is 4. The lowest BCUT2D eigenvalue weighted by molar-refractivity contribution is -0.132. The van der Waals surface area contributed by atoms with Gasteiger partial charge in [-0.25, -0.2) is 0 Å². The van der Waals surface area contributed by atoms with Crippen LogP contribution in [0.25, 0.3) is 5.76 Å². The normalized spacial score (nSPS) is 17.8. The van der Waals surface area contributed by atoms with E-state index in [1.54, 1.807) is 12.1 Å². The Morgan fingerprint density at radius 1 is 0.812 bits per heavy atom. The summed E-state index contributed by atoms with van der Waals surface area (Å²) in [7, 11) is 0. The second kappa shape index (κ2) is 8.68. The van der Waals surface area contributed by atoms with E-state index in [9.17, 15) is 19.8 Å². The molecular weight excluding hydrogens is 496 g/mol. The predicted octanol–water partition coefficient (Wildman–Crippen LogP) is 6.63. The van der Waals surface area contributed by atoms with E-state index in [0.29, 0.717) is 5.56 Å². The van der Waals surface area contributed by atoms with Crippen molar-refractivity contribution in [3.63, 3.8) is 0 Å². The molecule has 0 spiro atoms. The van der Waals surface area contributed by atoms with Crippen LogP contribution in [0, 0.1) is 0 Å². The minimum atomic E-state index is -1.01. The Hall–Kier alpha value is -2.70. The van der Waals surface area contributed by atoms with E-state index >= 15 is 0 Å². The van der Waals surface area contributed by atoms with Crippen LogP contribution in [0.2, 0.25) is 20.1 Å². The van der Waals surface area contributed by atoms with Crippen molar-refractivity contribution >= 4 is 69.5 Å². The van der Waals surface area contributed by atoms with Crippen molar-refractivity contribution < 1.29 is 19.8 Å². The Morgan fingerprint density at radius 3 is 2.03 bits per heavy atom. The number of phenols is 1. The number of anilines is 1. The van der Waals surface area contributed by atoms with Crippen LogP contribution < -0.4 is 4.90 Å². The number of nitrogens with zero attached hydrogens (tertiary/aromatic N) is 1. The third-order valence-electron chi connectivity index (χ3n) is 4.97. The highest BCUT2D eigenvalue weighted by molar-refractivity contribution is 6.52. The average molecular weight is 509 g/mol. The van der Waals surface area contributed by atoms with Crippen LogP contribution in [0.4, 0.5) is 5.69 Å². The molecular formula is C23H13Cl4NO4. The molecule has 9 heteroatoms. The molecule has 1 amide bonds. The maximum atomic E-state index is 13.1. The summed E-state index contributed by atoms with van der Waals surface area (Å²) in [6, 6.07) is 13.8. The number of hydrogen-bond acceptors (Lipinski definition) is 4. The van der Waals surface area contributed by atoms with Gasteiger partial charge in [0.2, 0.25) is 0 Å². The fourth-order valence-corrected chi connectivity index (χ4v) is 4.36. The van der Waals surface area contributed by atoms with Gasteiger partial charge in [-0.1, -0.05) is 58.5 Å². The molecule has 1 unspecified atom stereocenters. The number of rotatable bonds is 3. The average Bonchev–Trinajstić information content (AvgIpc) is 3.00. The smallest absolute Gasteiger partial charge is 0.300 e. The van der Waals surface area contributed by atoms with Gasteiger partial charge in [-0.2, -0.15) is 0 Å². The molecule has 0 radical (unpaired) electrons. The van der Waals surface area contributed by atoms with Gasteiger partial charge < -0.3 is 10.2 Å². The molecule has 1 saturated heterocycles. The summed E-state index contributed by atoms with van der Waals surface area (Å²) in [6.07, 6.45) is 0. The third-order valence-corrected chi connectivity index (χ3v) is 6.15. The predicted molar refractivity (Wildman–Crippen MR) is 126 cm³/mol. The number of phenolic OH excluding ortho intramolecular Hbond substituents is 1. The first-order valence-corrected chi connectivity index (χ1v) is 10.7. The van der Waals surface area contributed by atoms with Gasteiger partial charge in [-0.15, -0.1) is 0 Å². The van der Waals surface area contributed by atoms with Gasteiger partial charge in [0.25, 0.3) is 11.7 Å². The standard InChI is InChI=1S/C23H13Cl4NO4/c24-13-8-14(25)10-15(9-13)28-20(11-1-4-16(29)5-2-11)19(22(31)23(28)32)21(30)12-3-6-17(26)18(27)7-12/h1-10,20,29-30H/b21-19+. The van der Waals surface area contributed by atoms with Gasteiger partial charge in [0, 0.05) is 21.3 Å². The highest BCUT2D eigenvalue weighted by Crippen LogP contribution is 2.44. The maximum Gasteiger partial charge on any atom is 0.300 e. The monoisotopic (exact) mass is 507 g/mol. The van der Waals surface area contributed by atoms with Gasteiger partial charge in [0.15, 0.2) is 0 Å². The summed E-state index contributed by atoms with van der Waals surface area (Å²) in [5, 5.41) is 21.7. The number of ketones is 1. The maximum absolute atomic E-state index is 13.1. The number of amides is 1. The summed E-state index contributed by atoms with van der Waals surface area (Å²) >= 11 is 24.3. The van der Waals surface area contributed by atoms with E-state index in [1.165, 1.54) is 53.4 Å². The van der Waals surface area contributed by atoms with E-state index in [1.807, 2.05) is 0 Å². The second-order valence-corrected chi connectivity index (χ2v) is 8.70. The van der Waals surface area contributed by atoms with Crippen LogP contribution >= 0.6 is 46.4 Å². The van der Waals surface area contributed by atoms with Crippen LogP contribution in [0.15, 0.2) is 66.2 Å². The summed E-state index contributed by atoms with van der Waals surface area (Å²) in [4.78, 5) is 27.4. The van der Waals surface area contributed by atoms with Crippen molar-refractivity contribution in [2.24, 2.45) is 0 Å². The molecule has 1 aliphatic rings. The summed E-state index contributed by atoms with van der Waals surface area (Å²) < 4.78 is 0. The van der Waals surface area contributed by atoms with E-state index in [0.717, 1.165) is 0 Å². The number of Topliss-reactive ketones (excluding diaryl/α,β-unsaturated/α-hetero) is 1. The largest absolute Gasteiger partial charge is 0.508 e. The summed E-state index contributed by atoms with van der Waals surface area (Å²) in [6.45, 7) is 0. The first-order chi connectivity index (χ1) is 15.2. The fraction of sp³-hybridized carbons (Fsp3) is 0.0435. The zero-order valence-electron chi connectivity index (χ0n) is 16.0. The summed E-state index contributed by atoms with van der Waals surface area (Å²) in [5.41, 5.74) is 0.802. The lowest BCUT2D eigenvalue weighted by Gasteiger charge is -2.26. The Labute approximate surface area is 203 Å². The first-order valence-electron chi connectivity index (χ1n) is 9.19. The molecule has 0 aliphatic carbocycles. The molecule has 1 atom stereocenters. The number of aromatic hydroxyl groups is 1. The zero-order valence-corrected chi connectivity index (χ0v) is 19.0. The van der Waals surface area contributed by atoms with Crippen LogP contribution in [0.5, 0.6) is 5.75 Å². The SMILES string of the molecule is O=C1C(=O)N(c2cc(Cl)cc(Cl)c2)C(c2ccc(O)cc2)/C1=C(\O)c1ccc(Cl)c(Cl)c1. The Kier molecular flexibility index (Phi) is 6.10. The number of aliphatic hydroxyl groups is 1. The van der Waals surface area contributed by atoms with Crippen molar-refractivity contribution in [3.05, 3.63) is 97.5 Å². The minimum absolute atomic E-state index is 0.000912. The Balaban J connectivity index is 1.97. The molecule has 162 valence electrons. The zero-order chi connectivity index (χ0) is 23.2. The molecule has 3 aromatic carbocycles. The molecule has 0 aromatic heterocycles. The fourth-order valence-electron chi connectivity index (χ4n) is 3.55. The van der Waals surface area contributed by atoms with E-state index in [-0.39, 0.29) is 42.7 Å². The van der Waals surface area contributed by atoms with Crippen LogP contribution in [0.1, 0.15) is 17.2 Å². The highest BCUT2D eigenvalue weighted by atomic mass is 35.5. The van der Waals surface area contributed by atoms with E-state index < -0.39 is 23.5 Å². The second-order valence-electron chi connectivity index (χ2n) is 7.02. The number of hydrogen-bond donors (Lipinski definition) is 2. The number of aliphatic hydroxyl groups excluding tert-OH is 1. The minimum Gasteiger partial charge on any atom is -0.508 e. The van der Waals surface area contributed by atoms with Gasteiger partial charge in [0.1, 0.15) is 11.5 Å². The quantitative estimate of drug-likeness (QED) is 0.236. The van der Waals surface area contributed by atoms with Gasteiger partial charge in [0.05, 0.1) is 21.7 Å². The summed E-state index contributed by atoms with van der Waals surface area (Å²) in [5.74, 6) is -2.19. The van der Waals surface area contributed by atoms with Gasteiger partial charge >= 0.3 is 0 Å². The molecule has 1 heterocycles. The molecule has 0 saturated carbocycles. The van der Waals surface area contributed by atoms with Crippen molar-refractivity contribution in [1.29, 1.82) is 0 Å². The molecule has 4 rings (SSSR count). The van der Waals surface area contributed by atoms with Crippen molar-refractivity contribution in [2.45, 2.75) is 6.04 Å². The molecule has 0 bridgehead atoms.